The van der Waals surface area contributed by atoms with Gasteiger partial charge in [-0.15, -0.1) is 11.3 Å². The Morgan fingerprint density at radius 1 is 1.25 bits per heavy atom. The van der Waals surface area contributed by atoms with E-state index < -0.39 is 0 Å². The van der Waals surface area contributed by atoms with Gasteiger partial charge >= 0.3 is 0 Å². The molecule has 0 amide bonds. The van der Waals surface area contributed by atoms with Crippen molar-refractivity contribution in [2.24, 2.45) is 0 Å². The van der Waals surface area contributed by atoms with Gasteiger partial charge in [0.1, 0.15) is 0 Å². The average molecular weight is 287 g/mol. The zero-order valence-electron chi connectivity index (χ0n) is 10.7. The summed E-state index contributed by atoms with van der Waals surface area (Å²) in [6.07, 6.45) is 5.91. The molecule has 3 rings (SSSR count). The van der Waals surface area contributed by atoms with Crippen molar-refractivity contribution in [3.63, 3.8) is 0 Å². The molecule has 3 aromatic rings. The van der Waals surface area contributed by atoms with E-state index in [0.29, 0.717) is 16.8 Å². The van der Waals surface area contributed by atoms with Crippen LogP contribution in [0.2, 0.25) is 0 Å². The van der Waals surface area contributed by atoms with Crippen molar-refractivity contribution >= 4 is 16.5 Å². The molecule has 6 nitrogen and oxygen atoms in total. The largest absolute Gasteiger partial charge is 0.375 e. The van der Waals surface area contributed by atoms with Gasteiger partial charge in [0.25, 0.3) is 0 Å². The highest BCUT2D eigenvalue weighted by Crippen LogP contribution is 2.16. The molecule has 0 bridgehead atoms. The quantitative estimate of drug-likeness (QED) is 0.774. The Kier molecular flexibility index (Phi) is 3.69. The summed E-state index contributed by atoms with van der Waals surface area (Å²) in [5.41, 5.74) is 7.46. The fraction of sp³-hybridized carbons (Fsp3) is 0.231. The lowest BCUT2D eigenvalue weighted by atomic mass is 10.2. The van der Waals surface area contributed by atoms with E-state index in [-0.39, 0.29) is 0 Å². The van der Waals surface area contributed by atoms with Crippen LogP contribution in [0.15, 0.2) is 34.4 Å². The third kappa shape index (κ3) is 3.00. The van der Waals surface area contributed by atoms with Gasteiger partial charge in [-0.05, 0) is 25.0 Å². The molecule has 0 fully saturated rings. The molecule has 0 radical (unpaired) electrons. The summed E-state index contributed by atoms with van der Waals surface area (Å²) in [6, 6.07) is 3.75. The summed E-state index contributed by atoms with van der Waals surface area (Å²) in [4.78, 5) is 12.6. The molecular formula is C13H13N5OS. The number of nitrogens with zero attached hydrogens (tertiary/aromatic N) is 4. The molecule has 0 saturated carbocycles. The summed E-state index contributed by atoms with van der Waals surface area (Å²) in [7, 11) is 0. The van der Waals surface area contributed by atoms with Gasteiger partial charge in [0.2, 0.25) is 11.7 Å². The van der Waals surface area contributed by atoms with Crippen molar-refractivity contribution in [1.29, 1.82) is 0 Å². The summed E-state index contributed by atoms with van der Waals surface area (Å²) >= 11 is 1.46. The molecule has 3 aromatic heterocycles. The van der Waals surface area contributed by atoms with Gasteiger partial charge in [-0.2, -0.15) is 4.98 Å². The minimum absolute atomic E-state index is 0.575. The van der Waals surface area contributed by atoms with Crippen molar-refractivity contribution in [3.8, 4) is 11.4 Å². The molecule has 20 heavy (non-hydrogen) atoms. The van der Waals surface area contributed by atoms with Crippen molar-refractivity contribution in [1.82, 2.24) is 20.1 Å². The molecule has 3 heterocycles. The predicted molar refractivity (Wildman–Crippen MR) is 76.1 cm³/mol. The summed E-state index contributed by atoms with van der Waals surface area (Å²) in [6.45, 7) is 0. The number of hydrogen-bond acceptors (Lipinski definition) is 7. The SMILES string of the molecule is Nc1nc(CCCc2nc(-c3cccnc3)no2)cs1. The van der Waals surface area contributed by atoms with Crippen LogP contribution in [-0.4, -0.2) is 20.1 Å². The number of nitrogen functional groups attached to an aromatic ring is 1. The zero-order chi connectivity index (χ0) is 13.8. The second-order valence-corrected chi connectivity index (χ2v) is 5.17. The lowest BCUT2D eigenvalue weighted by Crippen LogP contribution is -1.92. The van der Waals surface area contributed by atoms with E-state index in [9.17, 15) is 0 Å². The normalized spacial score (nSPS) is 10.8. The Balaban J connectivity index is 1.58. The van der Waals surface area contributed by atoms with E-state index in [0.717, 1.165) is 30.5 Å². The highest BCUT2D eigenvalue weighted by Gasteiger charge is 2.08. The van der Waals surface area contributed by atoms with E-state index in [1.807, 2.05) is 17.5 Å². The van der Waals surface area contributed by atoms with Gasteiger partial charge in [-0.3, -0.25) is 4.98 Å². The van der Waals surface area contributed by atoms with Gasteiger partial charge < -0.3 is 10.3 Å². The highest BCUT2D eigenvalue weighted by atomic mass is 32.1. The fourth-order valence-corrected chi connectivity index (χ4v) is 2.42. The zero-order valence-corrected chi connectivity index (χ0v) is 11.5. The van der Waals surface area contributed by atoms with Crippen LogP contribution in [0.25, 0.3) is 11.4 Å². The third-order valence-electron chi connectivity index (χ3n) is 2.78. The van der Waals surface area contributed by atoms with E-state index in [4.69, 9.17) is 10.3 Å². The molecule has 0 aromatic carbocycles. The summed E-state index contributed by atoms with van der Waals surface area (Å²) in [5, 5.41) is 6.54. The van der Waals surface area contributed by atoms with E-state index in [1.165, 1.54) is 11.3 Å². The van der Waals surface area contributed by atoms with Crippen LogP contribution < -0.4 is 5.73 Å². The maximum atomic E-state index is 5.59. The Bertz CT molecular complexity index is 679. The van der Waals surface area contributed by atoms with Crippen LogP contribution in [0.1, 0.15) is 18.0 Å². The second-order valence-electron chi connectivity index (χ2n) is 4.28. The average Bonchev–Trinajstić information content (AvgIpc) is 3.09. The van der Waals surface area contributed by atoms with Crippen LogP contribution in [0.3, 0.4) is 0 Å². The second kappa shape index (κ2) is 5.79. The van der Waals surface area contributed by atoms with E-state index >= 15 is 0 Å². The predicted octanol–water partition coefficient (Wildman–Crippen LogP) is 2.35. The number of nitrogens with two attached hydrogens (primary N) is 1. The van der Waals surface area contributed by atoms with Crippen LogP contribution in [-0.2, 0) is 12.8 Å². The topological polar surface area (TPSA) is 90.7 Å². The van der Waals surface area contributed by atoms with Crippen LogP contribution in [0.5, 0.6) is 0 Å². The van der Waals surface area contributed by atoms with Gasteiger partial charge in [-0.1, -0.05) is 5.16 Å². The summed E-state index contributed by atoms with van der Waals surface area (Å²) in [5.74, 6) is 1.21. The molecule has 0 unspecified atom stereocenters. The molecule has 0 aliphatic rings. The molecule has 0 aliphatic carbocycles. The van der Waals surface area contributed by atoms with E-state index in [1.54, 1.807) is 12.4 Å². The van der Waals surface area contributed by atoms with Gasteiger partial charge in [0, 0.05) is 29.8 Å². The molecular weight excluding hydrogens is 274 g/mol. The molecule has 102 valence electrons. The molecule has 7 heteroatoms. The number of aryl methyl sites for hydroxylation is 2. The Labute approximate surface area is 119 Å². The van der Waals surface area contributed by atoms with Gasteiger partial charge in [0.15, 0.2) is 5.13 Å². The summed E-state index contributed by atoms with van der Waals surface area (Å²) < 4.78 is 5.23. The highest BCUT2D eigenvalue weighted by molar-refractivity contribution is 7.13. The first-order chi connectivity index (χ1) is 9.81. The first kappa shape index (κ1) is 12.7. The lowest BCUT2D eigenvalue weighted by molar-refractivity contribution is 0.376. The Morgan fingerprint density at radius 2 is 2.20 bits per heavy atom. The minimum Gasteiger partial charge on any atom is -0.375 e. The number of pyridine rings is 1. The molecule has 0 spiro atoms. The Hall–Kier alpha value is -2.28. The first-order valence-corrected chi connectivity index (χ1v) is 7.12. The molecule has 0 saturated heterocycles. The van der Waals surface area contributed by atoms with Gasteiger partial charge in [-0.25, -0.2) is 4.98 Å². The fourth-order valence-electron chi connectivity index (χ4n) is 1.83. The first-order valence-electron chi connectivity index (χ1n) is 6.24. The van der Waals surface area contributed by atoms with Crippen LogP contribution in [0.4, 0.5) is 5.13 Å². The minimum atomic E-state index is 0.575. The van der Waals surface area contributed by atoms with Crippen molar-refractivity contribution in [2.45, 2.75) is 19.3 Å². The van der Waals surface area contributed by atoms with Crippen molar-refractivity contribution in [3.05, 3.63) is 41.5 Å². The third-order valence-corrected chi connectivity index (χ3v) is 3.50. The van der Waals surface area contributed by atoms with E-state index in [2.05, 4.69) is 20.1 Å². The number of anilines is 1. The number of hydrogen-bond donors (Lipinski definition) is 1. The van der Waals surface area contributed by atoms with Crippen molar-refractivity contribution in [2.75, 3.05) is 5.73 Å². The van der Waals surface area contributed by atoms with Crippen LogP contribution in [0, 0.1) is 0 Å². The maximum absolute atomic E-state index is 5.59. The van der Waals surface area contributed by atoms with Crippen LogP contribution >= 0.6 is 11.3 Å². The standard InChI is InChI=1S/C13H13N5OS/c14-13-16-10(8-20-13)4-1-5-11-17-12(18-19-11)9-3-2-6-15-7-9/h2-3,6-8H,1,4-5H2,(H2,14,16). The number of thiazole rings is 1. The lowest BCUT2D eigenvalue weighted by Gasteiger charge is -1.93. The van der Waals surface area contributed by atoms with Gasteiger partial charge in [0.05, 0.1) is 5.69 Å². The molecule has 0 aliphatic heterocycles. The smallest absolute Gasteiger partial charge is 0.226 e. The number of rotatable bonds is 5. The maximum Gasteiger partial charge on any atom is 0.226 e. The Morgan fingerprint density at radius 3 is 2.95 bits per heavy atom. The number of aromatic nitrogens is 4. The monoisotopic (exact) mass is 287 g/mol. The molecule has 2 N–H and O–H groups in total. The molecule has 0 atom stereocenters. The van der Waals surface area contributed by atoms with Crippen molar-refractivity contribution < 1.29 is 4.52 Å².